The molecule has 2 heteroatoms. The summed E-state index contributed by atoms with van der Waals surface area (Å²) in [6.45, 7) is 8.79. The highest BCUT2D eigenvalue weighted by Gasteiger charge is 2.30. The molecule has 0 fully saturated rings. The Hall–Kier alpha value is -4.04. The maximum absolute atomic E-state index is 9.03. The minimum absolute atomic E-state index is 0.371. The van der Waals surface area contributed by atoms with Gasteiger partial charge in [-0.15, -0.1) is 0 Å². The van der Waals surface area contributed by atoms with Crippen LogP contribution in [0.5, 0.6) is 0 Å². The van der Waals surface area contributed by atoms with Crippen molar-refractivity contribution in [2.24, 2.45) is 0 Å². The molecule has 0 amide bonds. The minimum atomic E-state index is -0.371. The zero-order valence-electron chi connectivity index (χ0n) is 22.2. The van der Waals surface area contributed by atoms with E-state index in [9.17, 15) is 0 Å². The zero-order chi connectivity index (χ0) is 26.0. The molecule has 37 heavy (non-hydrogen) atoms. The summed E-state index contributed by atoms with van der Waals surface area (Å²) >= 11 is 0. The van der Waals surface area contributed by atoms with E-state index in [1.165, 1.54) is 27.8 Å². The second kappa shape index (κ2) is 10.1. The molecule has 3 aromatic carbocycles. The lowest BCUT2D eigenvalue weighted by molar-refractivity contribution is 0.638. The molecule has 1 aliphatic rings. The fourth-order valence-corrected chi connectivity index (χ4v) is 5.37. The van der Waals surface area contributed by atoms with Crippen molar-refractivity contribution in [3.63, 3.8) is 0 Å². The van der Waals surface area contributed by atoms with Crippen molar-refractivity contribution in [1.29, 1.82) is 5.41 Å². The summed E-state index contributed by atoms with van der Waals surface area (Å²) in [4.78, 5) is 4.97. The van der Waals surface area contributed by atoms with Gasteiger partial charge in [-0.2, -0.15) is 0 Å². The number of aromatic nitrogens is 1. The molecule has 0 unspecified atom stereocenters. The second-order valence-electron chi connectivity index (χ2n) is 10.5. The number of hydrogen-bond acceptors (Lipinski definition) is 2. The summed E-state index contributed by atoms with van der Waals surface area (Å²) < 4.78 is 0. The van der Waals surface area contributed by atoms with Crippen LogP contribution in [0.25, 0.3) is 22.4 Å². The molecule has 0 spiro atoms. The summed E-state index contributed by atoms with van der Waals surface area (Å²) in [6.07, 6.45) is 8.29. The van der Waals surface area contributed by atoms with E-state index in [2.05, 4.69) is 113 Å². The van der Waals surface area contributed by atoms with Crippen molar-refractivity contribution in [2.75, 3.05) is 0 Å². The second-order valence-corrected chi connectivity index (χ2v) is 10.5. The van der Waals surface area contributed by atoms with Gasteiger partial charge in [0.05, 0.1) is 11.4 Å². The molecule has 1 heterocycles. The maximum Gasteiger partial charge on any atom is 0.0708 e. The van der Waals surface area contributed by atoms with Crippen molar-refractivity contribution < 1.29 is 0 Å². The normalized spacial score (nSPS) is 18.2. The van der Waals surface area contributed by atoms with Crippen molar-refractivity contribution >= 4 is 5.71 Å². The number of aryl methyl sites for hydroxylation is 1. The Labute approximate surface area is 221 Å². The highest BCUT2D eigenvalue weighted by Crippen LogP contribution is 2.42. The predicted molar refractivity (Wildman–Crippen MR) is 156 cm³/mol. The van der Waals surface area contributed by atoms with Gasteiger partial charge in [-0.25, -0.2) is 0 Å². The van der Waals surface area contributed by atoms with Crippen LogP contribution in [0.4, 0.5) is 0 Å². The van der Waals surface area contributed by atoms with Crippen molar-refractivity contribution in [3.05, 3.63) is 137 Å². The van der Waals surface area contributed by atoms with E-state index in [1.807, 2.05) is 18.2 Å². The lowest BCUT2D eigenvalue weighted by Gasteiger charge is -2.31. The standard InChI is InChI=1S/C35H34N2/c1-24-13-12-17-26-14-8-9-18-28(26)30-22-34(27-15-6-5-7-16-27)37-23-32(30)35(3,4)31-20-11-10-19-29(31)33(36)21-25(24)2/h5-11,13-16,18-23,36H,12,17H2,1-4H3/b24-13-,25-21-,36-33?. The quantitative estimate of drug-likeness (QED) is 0.289. The van der Waals surface area contributed by atoms with E-state index >= 15 is 0 Å². The molecule has 0 radical (unpaired) electrons. The average molecular weight is 483 g/mol. The molecule has 0 aliphatic heterocycles. The van der Waals surface area contributed by atoms with Gasteiger partial charge in [0, 0.05) is 22.7 Å². The van der Waals surface area contributed by atoms with Crippen LogP contribution >= 0.6 is 0 Å². The predicted octanol–water partition coefficient (Wildman–Crippen LogP) is 8.95. The van der Waals surface area contributed by atoms with Crippen LogP contribution in [0.3, 0.4) is 0 Å². The van der Waals surface area contributed by atoms with Crippen LogP contribution in [0.1, 0.15) is 56.4 Å². The summed E-state index contributed by atoms with van der Waals surface area (Å²) in [5.41, 5.74) is 11.7. The van der Waals surface area contributed by atoms with Crippen LogP contribution in [-0.4, -0.2) is 10.7 Å². The average Bonchev–Trinajstić information content (AvgIpc) is 2.93. The van der Waals surface area contributed by atoms with Crippen LogP contribution in [0.15, 0.2) is 114 Å². The van der Waals surface area contributed by atoms with Gasteiger partial charge < -0.3 is 5.41 Å². The van der Waals surface area contributed by atoms with Crippen LogP contribution in [0.2, 0.25) is 0 Å². The molecule has 2 nitrogen and oxygen atoms in total. The maximum atomic E-state index is 9.03. The summed E-state index contributed by atoms with van der Waals surface area (Å²) in [6, 6.07) is 29.8. The Bertz CT molecular complexity index is 1520. The van der Waals surface area contributed by atoms with E-state index in [4.69, 9.17) is 10.4 Å². The van der Waals surface area contributed by atoms with E-state index in [0.717, 1.165) is 40.8 Å². The molecule has 0 saturated heterocycles. The van der Waals surface area contributed by atoms with Crippen molar-refractivity contribution in [2.45, 2.75) is 46.0 Å². The molecule has 0 bridgehead atoms. The fourth-order valence-electron chi connectivity index (χ4n) is 5.37. The Morgan fingerprint density at radius 1 is 0.730 bits per heavy atom. The number of rotatable bonds is 1. The molecular formula is C35H34N2. The summed E-state index contributed by atoms with van der Waals surface area (Å²) in [5.74, 6) is 0. The van der Waals surface area contributed by atoms with E-state index < -0.39 is 0 Å². The first-order valence-electron chi connectivity index (χ1n) is 13.0. The van der Waals surface area contributed by atoms with Gasteiger partial charge in [0.15, 0.2) is 0 Å². The number of nitrogens with one attached hydrogen (secondary N) is 1. The van der Waals surface area contributed by atoms with Crippen LogP contribution < -0.4 is 0 Å². The Morgan fingerprint density at radius 2 is 1.41 bits per heavy atom. The number of hydrogen-bond donors (Lipinski definition) is 1. The fraction of sp³-hybridized carbons (Fsp3) is 0.200. The third kappa shape index (κ3) is 4.84. The lowest BCUT2D eigenvalue weighted by atomic mass is 9.72. The Morgan fingerprint density at radius 3 is 2.19 bits per heavy atom. The van der Waals surface area contributed by atoms with Gasteiger partial charge in [-0.1, -0.05) is 104 Å². The number of pyridine rings is 1. The Balaban J connectivity index is 1.82. The van der Waals surface area contributed by atoms with E-state index in [-0.39, 0.29) is 5.41 Å². The monoisotopic (exact) mass is 482 g/mol. The molecule has 1 aliphatic carbocycles. The van der Waals surface area contributed by atoms with Gasteiger partial charge in [0.1, 0.15) is 0 Å². The van der Waals surface area contributed by atoms with Crippen LogP contribution in [-0.2, 0) is 11.8 Å². The first kappa shape index (κ1) is 24.6. The van der Waals surface area contributed by atoms with Gasteiger partial charge in [0.2, 0.25) is 0 Å². The minimum Gasteiger partial charge on any atom is -0.300 e. The number of benzene rings is 3. The molecule has 1 aromatic heterocycles. The zero-order valence-corrected chi connectivity index (χ0v) is 22.2. The Kier molecular flexibility index (Phi) is 6.76. The van der Waals surface area contributed by atoms with Gasteiger partial charge in [-0.3, -0.25) is 4.98 Å². The van der Waals surface area contributed by atoms with Crippen molar-refractivity contribution in [3.8, 4) is 22.4 Å². The lowest BCUT2D eigenvalue weighted by Crippen LogP contribution is -2.24. The topological polar surface area (TPSA) is 36.7 Å². The molecule has 0 atom stereocenters. The smallest absolute Gasteiger partial charge is 0.0708 e. The summed E-state index contributed by atoms with van der Waals surface area (Å²) in [5, 5.41) is 9.03. The van der Waals surface area contributed by atoms with Gasteiger partial charge >= 0.3 is 0 Å². The highest BCUT2D eigenvalue weighted by molar-refractivity contribution is 6.08. The van der Waals surface area contributed by atoms with E-state index in [1.54, 1.807) is 0 Å². The SMILES string of the molecule is CC1=C/CCc2ccccc2-c2cc(-c3ccccc3)ncc2C(C)(C)c2ccccc2C(=N)/C=C\1C. The van der Waals surface area contributed by atoms with Crippen molar-refractivity contribution in [1.82, 2.24) is 4.98 Å². The number of nitrogens with zero attached hydrogens (tertiary/aromatic N) is 1. The highest BCUT2D eigenvalue weighted by atomic mass is 14.7. The number of fused-ring (bicyclic) bond motifs is 4. The molecule has 1 N–H and O–H groups in total. The molecule has 5 rings (SSSR count). The molecular weight excluding hydrogens is 448 g/mol. The molecule has 0 saturated carbocycles. The van der Waals surface area contributed by atoms with E-state index in [0.29, 0.717) is 5.71 Å². The van der Waals surface area contributed by atoms with Crippen LogP contribution in [0, 0.1) is 5.41 Å². The van der Waals surface area contributed by atoms with Gasteiger partial charge in [0.25, 0.3) is 0 Å². The first-order valence-corrected chi connectivity index (χ1v) is 13.0. The molecule has 4 aromatic rings. The first-order chi connectivity index (χ1) is 17.9. The third-order valence-electron chi connectivity index (χ3n) is 7.69. The third-order valence-corrected chi connectivity index (χ3v) is 7.69. The molecule has 184 valence electrons. The summed E-state index contributed by atoms with van der Waals surface area (Å²) in [7, 11) is 0. The number of allylic oxidation sites excluding steroid dienone is 4. The largest absolute Gasteiger partial charge is 0.300 e. The van der Waals surface area contributed by atoms with Gasteiger partial charge in [-0.05, 0) is 72.2 Å².